The van der Waals surface area contributed by atoms with Crippen LogP contribution in [0.2, 0.25) is 0 Å². The van der Waals surface area contributed by atoms with Crippen LogP contribution < -0.4 is 10.6 Å². The molecule has 0 atom stereocenters. The van der Waals surface area contributed by atoms with Gasteiger partial charge in [0.1, 0.15) is 0 Å². The molecule has 0 fully saturated rings. The Morgan fingerprint density at radius 2 is 2.07 bits per heavy atom. The number of nitrogens with two attached hydrogens (primary N) is 1. The molecule has 0 aliphatic carbocycles. The molecule has 0 aliphatic rings. The highest BCUT2D eigenvalue weighted by molar-refractivity contribution is 8.13. The number of nitrogens with zero attached hydrogens (tertiary/aromatic N) is 1. The Balaban J connectivity index is 2.46. The van der Waals surface area contributed by atoms with Crippen molar-refractivity contribution in [1.29, 1.82) is 5.41 Å². The first kappa shape index (κ1) is 11.9. The Morgan fingerprint density at radius 1 is 1.40 bits per heavy atom. The van der Waals surface area contributed by atoms with Crippen molar-refractivity contribution in [1.82, 2.24) is 0 Å². The third-order valence-electron chi connectivity index (χ3n) is 2.12. The van der Waals surface area contributed by atoms with Crippen LogP contribution in [0.25, 0.3) is 0 Å². The number of amidine groups is 1. The molecule has 0 bridgehead atoms. The van der Waals surface area contributed by atoms with E-state index in [1.54, 1.807) is 0 Å². The molecule has 1 aromatic rings. The van der Waals surface area contributed by atoms with Crippen molar-refractivity contribution in [2.75, 3.05) is 23.7 Å². The predicted molar refractivity (Wildman–Crippen MR) is 68.7 cm³/mol. The lowest BCUT2D eigenvalue weighted by atomic mass is 10.3. The molecule has 0 aliphatic heterocycles. The molecule has 0 aromatic heterocycles. The second kappa shape index (κ2) is 6.35. The molecular formula is C11H17N3S. The van der Waals surface area contributed by atoms with E-state index in [1.165, 1.54) is 17.4 Å². The topological polar surface area (TPSA) is 53.1 Å². The van der Waals surface area contributed by atoms with Gasteiger partial charge in [0.15, 0.2) is 5.17 Å². The quantitative estimate of drug-likeness (QED) is 0.594. The number of anilines is 1. The summed E-state index contributed by atoms with van der Waals surface area (Å²) in [4.78, 5) is 2.27. The van der Waals surface area contributed by atoms with Gasteiger partial charge in [-0.3, -0.25) is 5.41 Å². The molecule has 82 valence electrons. The minimum absolute atomic E-state index is 0.194. The molecular weight excluding hydrogens is 206 g/mol. The van der Waals surface area contributed by atoms with Gasteiger partial charge in [0.2, 0.25) is 0 Å². The Bertz CT molecular complexity index is 300. The summed E-state index contributed by atoms with van der Waals surface area (Å²) in [6.07, 6.45) is 0. The molecule has 0 spiro atoms. The van der Waals surface area contributed by atoms with Crippen LogP contribution >= 0.6 is 11.8 Å². The lowest BCUT2D eigenvalue weighted by Crippen LogP contribution is -2.26. The van der Waals surface area contributed by atoms with Crippen LogP contribution in [0.5, 0.6) is 0 Å². The van der Waals surface area contributed by atoms with E-state index in [0.717, 1.165) is 18.8 Å². The van der Waals surface area contributed by atoms with Gasteiger partial charge in [0, 0.05) is 24.5 Å². The lowest BCUT2D eigenvalue weighted by molar-refractivity contribution is 0.873. The van der Waals surface area contributed by atoms with E-state index in [9.17, 15) is 0 Å². The van der Waals surface area contributed by atoms with E-state index in [0.29, 0.717) is 0 Å². The number of nitrogens with one attached hydrogen (secondary N) is 1. The minimum atomic E-state index is 0.194. The maximum atomic E-state index is 7.12. The van der Waals surface area contributed by atoms with Crippen molar-refractivity contribution in [3.63, 3.8) is 0 Å². The average molecular weight is 223 g/mol. The summed E-state index contributed by atoms with van der Waals surface area (Å²) in [6.45, 7) is 4.03. The number of thioether (sulfide) groups is 1. The summed E-state index contributed by atoms with van der Waals surface area (Å²) in [7, 11) is 0. The van der Waals surface area contributed by atoms with Gasteiger partial charge in [-0.2, -0.15) is 0 Å². The Kier molecular flexibility index (Phi) is 5.04. The van der Waals surface area contributed by atoms with Crippen LogP contribution in [0.1, 0.15) is 6.92 Å². The largest absolute Gasteiger partial charge is 0.379 e. The molecule has 1 aromatic carbocycles. The van der Waals surface area contributed by atoms with Gasteiger partial charge in [0.05, 0.1) is 0 Å². The van der Waals surface area contributed by atoms with Gasteiger partial charge in [-0.15, -0.1) is 0 Å². The zero-order valence-corrected chi connectivity index (χ0v) is 9.76. The Morgan fingerprint density at radius 3 is 2.60 bits per heavy atom. The van der Waals surface area contributed by atoms with Gasteiger partial charge < -0.3 is 10.6 Å². The highest BCUT2D eigenvalue weighted by Gasteiger charge is 2.03. The third kappa shape index (κ3) is 4.25. The maximum absolute atomic E-state index is 7.12. The van der Waals surface area contributed by atoms with Crippen LogP contribution in [0.4, 0.5) is 5.69 Å². The van der Waals surface area contributed by atoms with Crippen LogP contribution in [-0.4, -0.2) is 24.0 Å². The fourth-order valence-corrected chi connectivity index (χ4v) is 1.91. The third-order valence-corrected chi connectivity index (χ3v) is 2.82. The number of para-hydroxylation sites is 1. The van der Waals surface area contributed by atoms with Crippen molar-refractivity contribution in [3.05, 3.63) is 30.3 Å². The highest BCUT2D eigenvalue weighted by atomic mass is 32.2. The number of rotatable bonds is 5. The monoisotopic (exact) mass is 223 g/mol. The summed E-state index contributed by atoms with van der Waals surface area (Å²) < 4.78 is 0. The molecule has 4 heteroatoms. The normalized spacial score (nSPS) is 9.93. The van der Waals surface area contributed by atoms with Crippen molar-refractivity contribution < 1.29 is 0 Å². The highest BCUT2D eigenvalue weighted by Crippen LogP contribution is 2.13. The van der Waals surface area contributed by atoms with Crippen LogP contribution in [-0.2, 0) is 0 Å². The molecule has 0 unspecified atom stereocenters. The van der Waals surface area contributed by atoms with Crippen molar-refractivity contribution in [2.24, 2.45) is 5.73 Å². The zero-order chi connectivity index (χ0) is 11.1. The molecule has 0 radical (unpaired) electrons. The fourth-order valence-electron chi connectivity index (χ4n) is 1.37. The van der Waals surface area contributed by atoms with Crippen LogP contribution in [0.15, 0.2) is 30.3 Å². The van der Waals surface area contributed by atoms with E-state index in [1.807, 2.05) is 18.2 Å². The predicted octanol–water partition coefficient (Wildman–Crippen LogP) is 2.14. The Labute approximate surface area is 95.2 Å². The van der Waals surface area contributed by atoms with E-state index in [-0.39, 0.29) is 5.17 Å². The molecule has 3 N–H and O–H groups in total. The van der Waals surface area contributed by atoms with Gasteiger partial charge in [-0.25, -0.2) is 0 Å². The number of hydrogen-bond acceptors (Lipinski definition) is 3. The average Bonchev–Trinajstić information content (AvgIpc) is 2.25. The Hall–Kier alpha value is -1.16. The van der Waals surface area contributed by atoms with E-state index in [4.69, 9.17) is 11.1 Å². The number of hydrogen-bond donors (Lipinski definition) is 2. The lowest BCUT2D eigenvalue weighted by Gasteiger charge is -2.22. The zero-order valence-electron chi connectivity index (χ0n) is 8.94. The number of benzene rings is 1. The molecule has 0 amide bonds. The second-order valence-electron chi connectivity index (χ2n) is 3.13. The second-order valence-corrected chi connectivity index (χ2v) is 4.26. The SMILES string of the molecule is CCN(CCSC(=N)N)c1ccccc1. The summed E-state index contributed by atoms with van der Waals surface area (Å²) in [6, 6.07) is 10.3. The first-order valence-electron chi connectivity index (χ1n) is 5.01. The maximum Gasteiger partial charge on any atom is 0.151 e. The first-order valence-corrected chi connectivity index (χ1v) is 5.99. The van der Waals surface area contributed by atoms with Crippen molar-refractivity contribution in [3.8, 4) is 0 Å². The molecule has 15 heavy (non-hydrogen) atoms. The fraction of sp³-hybridized carbons (Fsp3) is 0.364. The van der Waals surface area contributed by atoms with Gasteiger partial charge in [-0.1, -0.05) is 30.0 Å². The standard InChI is InChI=1S/C11H17N3S/c1-2-14(8-9-15-11(12)13)10-6-4-3-5-7-10/h3-7H,2,8-9H2,1H3,(H3,12,13). The summed E-state index contributed by atoms with van der Waals surface area (Å²) in [5, 5.41) is 7.32. The minimum Gasteiger partial charge on any atom is -0.379 e. The molecule has 3 nitrogen and oxygen atoms in total. The molecule has 0 saturated carbocycles. The van der Waals surface area contributed by atoms with Gasteiger partial charge >= 0.3 is 0 Å². The van der Waals surface area contributed by atoms with Crippen LogP contribution in [0, 0.1) is 5.41 Å². The summed E-state index contributed by atoms with van der Waals surface area (Å²) in [5.41, 5.74) is 6.51. The van der Waals surface area contributed by atoms with E-state index < -0.39 is 0 Å². The van der Waals surface area contributed by atoms with Gasteiger partial charge in [-0.05, 0) is 19.1 Å². The van der Waals surface area contributed by atoms with E-state index in [2.05, 4.69) is 24.0 Å². The van der Waals surface area contributed by atoms with Crippen LogP contribution in [0.3, 0.4) is 0 Å². The molecule has 0 saturated heterocycles. The molecule has 0 heterocycles. The van der Waals surface area contributed by atoms with Crippen molar-refractivity contribution in [2.45, 2.75) is 6.92 Å². The molecule has 1 rings (SSSR count). The first-order chi connectivity index (χ1) is 7.24. The van der Waals surface area contributed by atoms with E-state index >= 15 is 0 Å². The summed E-state index contributed by atoms with van der Waals surface area (Å²) in [5.74, 6) is 0.859. The van der Waals surface area contributed by atoms with Crippen molar-refractivity contribution >= 4 is 22.6 Å². The smallest absolute Gasteiger partial charge is 0.151 e. The van der Waals surface area contributed by atoms with Gasteiger partial charge in [0.25, 0.3) is 0 Å². The summed E-state index contributed by atoms with van der Waals surface area (Å²) >= 11 is 1.39.